The Morgan fingerprint density at radius 1 is 1.17 bits per heavy atom. The van der Waals surface area contributed by atoms with Gasteiger partial charge in [-0.1, -0.05) is 30.3 Å². The van der Waals surface area contributed by atoms with E-state index in [0.717, 1.165) is 16.7 Å². The van der Waals surface area contributed by atoms with Crippen molar-refractivity contribution in [1.82, 2.24) is 0 Å². The molecule has 0 saturated carbocycles. The standard InChI is InChI=1S/C18H21NO2.CH4S/c1-12-6-4-9-16(13(12)2)17(18(20)21-3)11-14-7-5-8-15(19)10-14;1-2/h4-10,17H,11,19H2,1-3H3;2H,1H3. The van der Waals surface area contributed by atoms with Crippen LogP contribution in [0.4, 0.5) is 5.69 Å². The van der Waals surface area contributed by atoms with Crippen LogP contribution >= 0.6 is 12.6 Å². The second-order valence-corrected chi connectivity index (χ2v) is 5.31. The van der Waals surface area contributed by atoms with Gasteiger partial charge in [0.2, 0.25) is 0 Å². The fraction of sp³-hybridized carbons (Fsp3) is 0.316. The first-order valence-corrected chi connectivity index (χ1v) is 8.35. The molecule has 2 aromatic carbocycles. The van der Waals surface area contributed by atoms with Crippen LogP contribution in [0.1, 0.15) is 28.2 Å². The Kier molecular flexibility index (Phi) is 7.69. The molecule has 4 heteroatoms. The minimum Gasteiger partial charge on any atom is -0.469 e. The Morgan fingerprint density at radius 2 is 1.83 bits per heavy atom. The van der Waals surface area contributed by atoms with E-state index < -0.39 is 0 Å². The molecule has 0 aromatic heterocycles. The first kappa shape index (κ1) is 19.1. The van der Waals surface area contributed by atoms with Gasteiger partial charge in [-0.05, 0) is 60.9 Å². The lowest BCUT2D eigenvalue weighted by atomic mass is 9.87. The zero-order valence-corrected chi connectivity index (χ0v) is 15.1. The molecule has 0 spiro atoms. The van der Waals surface area contributed by atoms with E-state index >= 15 is 0 Å². The van der Waals surface area contributed by atoms with Crippen LogP contribution in [-0.4, -0.2) is 19.3 Å². The van der Waals surface area contributed by atoms with Gasteiger partial charge in [0, 0.05) is 5.69 Å². The number of benzene rings is 2. The molecule has 2 rings (SSSR count). The fourth-order valence-corrected chi connectivity index (χ4v) is 2.57. The number of nitrogens with two attached hydrogens (primary N) is 1. The van der Waals surface area contributed by atoms with Gasteiger partial charge < -0.3 is 10.5 Å². The summed E-state index contributed by atoms with van der Waals surface area (Å²) in [6.45, 7) is 4.09. The van der Waals surface area contributed by atoms with Crippen LogP contribution in [0.15, 0.2) is 42.5 Å². The van der Waals surface area contributed by atoms with Gasteiger partial charge >= 0.3 is 5.97 Å². The minimum absolute atomic E-state index is 0.217. The van der Waals surface area contributed by atoms with E-state index in [2.05, 4.69) is 12.6 Å². The molecule has 2 aromatic rings. The summed E-state index contributed by atoms with van der Waals surface area (Å²) in [6.07, 6.45) is 2.28. The number of rotatable bonds is 4. The molecule has 0 saturated heterocycles. The lowest BCUT2D eigenvalue weighted by Gasteiger charge is -2.18. The Bertz CT molecular complexity index is 656. The van der Waals surface area contributed by atoms with Crippen LogP contribution in [0.2, 0.25) is 0 Å². The third-order valence-corrected chi connectivity index (χ3v) is 3.90. The molecule has 0 bridgehead atoms. The Labute approximate surface area is 144 Å². The summed E-state index contributed by atoms with van der Waals surface area (Å²) >= 11 is 3.53. The second kappa shape index (κ2) is 9.26. The molecule has 0 aliphatic heterocycles. The molecule has 0 aliphatic rings. The first-order valence-electron chi connectivity index (χ1n) is 7.46. The number of aryl methyl sites for hydroxylation is 1. The van der Waals surface area contributed by atoms with Crippen molar-refractivity contribution in [3.63, 3.8) is 0 Å². The summed E-state index contributed by atoms with van der Waals surface area (Å²) in [5.41, 5.74) is 10.9. The van der Waals surface area contributed by atoms with Gasteiger partial charge in [0.1, 0.15) is 0 Å². The van der Waals surface area contributed by atoms with E-state index in [1.165, 1.54) is 12.7 Å². The highest BCUT2D eigenvalue weighted by Crippen LogP contribution is 2.27. The number of esters is 1. The first-order chi connectivity index (χ1) is 11.0. The van der Waals surface area contributed by atoms with E-state index in [1.807, 2.05) is 56.3 Å². The maximum Gasteiger partial charge on any atom is 0.313 e. The lowest BCUT2D eigenvalue weighted by Crippen LogP contribution is -2.18. The summed E-state index contributed by atoms with van der Waals surface area (Å²) in [6, 6.07) is 13.7. The minimum atomic E-state index is -0.309. The Balaban J connectivity index is 0.00000127. The molecule has 0 aliphatic carbocycles. The van der Waals surface area contributed by atoms with Crippen molar-refractivity contribution >= 4 is 24.3 Å². The number of methoxy groups -OCH3 is 1. The number of anilines is 1. The normalized spacial score (nSPS) is 11.2. The average Bonchev–Trinajstić information content (AvgIpc) is 2.57. The highest BCUT2D eigenvalue weighted by Gasteiger charge is 2.24. The van der Waals surface area contributed by atoms with Crippen molar-refractivity contribution in [2.75, 3.05) is 19.1 Å². The van der Waals surface area contributed by atoms with Crippen molar-refractivity contribution in [2.24, 2.45) is 0 Å². The molecule has 0 amide bonds. The van der Waals surface area contributed by atoms with Crippen LogP contribution in [0.25, 0.3) is 0 Å². The summed E-state index contributed by atoms with van der Waals surface area (Å²) < 4.78 is 4.99. The zero-order chi connectivity index (χ0) is 17.4. The Hall–Kier alpha value is -1.94. The number of ether oxygens (including phenoxy) is 1. The van der Waals surface area contributed by atoms with Gasteiger partial charge in [0.05, 0.1) is 13.0 Å². The smallest absolute Gasteiger partial charge is 0.313 e. The number of hydrogen-bond acceptors (Lipinski definition) is 4. The molecule has 1 atom stereocenters. The fourth-order valence-electron chi connectivity index (χ4n) is 2.57. The lowest BCUT2D eigenvalue weighted by molar-refractivity contribution is -0.142. The number of carbonyl (C=O) groups excluding carboxylic acids is 1. The van der Waals surface area contributed by atoms with Gasteiger partial charge in [-0.3, -0.25) is 4.79 Å². The summed E-state index contributed by atoms with van der Waals surface area (Å²) in [5.74, 6) is -0.525. The number of hydrogen-bond donors (Lipinski definition) is 2. The quantitative estimate of drug-likeness (QED) is 0.507. The Morgan fingerprint density at radius 3 is 2.43 bits per heavy atom. The number of nitrogen functional groups attached to an aromatic ring is 1. The highest BCUT2D eigenvalue weighted by molar-refractivity contribution is 7.79. The molecule has 1 unspecified atom stereocenters. The van der Waals surface area contributed by atoms with Crippen molar-refractivity contribution in [3.8, 4) is 0 Å². The van der Waals surface area contributed by atoms with E-state index in [9.17, 15) is 4.79 Å². The van der Waals surface area contributed by atoms with Crippen molar-refractivity contribution in [2.45, 2.75) is 26.2 Å². The summed E-state index contributed by atoms with van der Waals surface area (Å²) in [5, 5.41) is 0. The average molecular weight is 331 g/mol. The summed E-state index contributed by atoms with van der Waals surface area (Å²) in [7, 11) is 1.43. The second-order valence-electron chi connectivity index (χ2n) is 5.31. The van der Waals surface area contributed by atoms with Crippen LogP contribution in [0.3, 0.4) is 0 Å². The van der Waals surface area contributed by atoms with E-state index in [0.29, 0.717) is 12.1 Å². The maximum atomic E-state index is 12.2. The van der Waals surface area contributed by atoms with E-state index in [1.54, 1.807) is 6.26 Å². The third kappa shape index (κ3) is 5.03. The van der Waals surface area contributed by atoms with Crippen LogP contribution in [0, 0.1) is 13.8 Å². The van der Waals surface area contributed by atoms with E-state index in [4.69, 9.17) is 10.5 Å². The van der Waals surface area contributed by atoms with E-state index in [-0.39, 0.29) is 11.9 Å². The van der Waals surface area contributed by atoms with Gasteiger partial charge in [-0.2, -0.15) is 12.6 Å². The maximum absolute atomic E-state index is 12.2. The van der Waals surface area contributed by atoms with Crippen LogP contribution in [0.5, 0.6) is 0 Å². The molecule has 3 nitrogen and oxygen atoms in total. The molecule has 23 heavy (non-hydrogen) atoms. The zero-order valence-electron chi connectivity index (χ0n) is 14.2. The molecule has 0 heterocycles. The SMILES string of the molecule is COC(=O)C(Cc1cccc(N)c1)c1cccc(C)c1C.CS. The molecular weight excluding hydrogens is 306 g/mol. The monoisotopic (exact) mass is 331 g/mol. The third-order valence-electron chi connectivity index (χ3n) is 3.90. The van der Waals surface area contributed by atoms with Gasteiger partial charge in [-0.15, -0.1) is 0 Å². The van der Waals surface area contributed by atoms with Crippen LogP contribution in [-0.2, 0) is 16.0 Å². The van der Waals surface area contributed by atoms with Crippen molar-refractivity contribution < 1.29 is 9.53 Å². The summed E-state index contributed by atoms with van der Waals surface area (Å²) in [4.78, 5) is 12.2. The molecule has 0 radical (unpaired) electrons. The predicted molar refractivity (Wildman–Crippen MR) is 100 cm³/mol. The molecule has 124 valence electrons. The van der Waals surface area contributed by atoms with Gasteiger partial charge in [0.25, 0.3) is 0 Å². The molecule has 2 N–H and O–H groups in total. The highest BCUT2D eigenvalue weighted by atomic mass is 32.1. The predicted octanol–water partition coefficient (Wildman–Crippen LogP) is 3.93. The van der Waals surface area contributed by atoms with Gasteiger partial charge in [-0.25, -0.2) is 0 Å². The number of carbonyl (C=O) groups is 1. The largest absolute Gasteiger partial charge is 0.469 e. The van der Waals surface area contributed by atoms with Crippen molar-refractivity contribution in [1.29, 1.82) is 0 Å². The van der Waals surface area contributed by atoms with Gasteiger partial charge in [0.15, 0.2) is 0 Å². The number of thiol groups is 1. The molecular formula is C19H25NO2S. The topological polar surface area (TPSA) is 52.3 Å². The van der Waals surface area contributed by atoms with Crippen molar-refractivity contribution in [3.05, 3.63) is 64.7 Å². The molecule has 0 fully saturated rings. The van der Waals surface area contributed by atoms with Crippen LogP contribution < -0.4 is 5.73 Å².